The molecule has 98 valence electrons. The third-order valence-corrected chi connectivity index (χ3v) is 3.00. The van der Waals surface area contributed by atoms with E-state index in [4.69, 9.17) is 10.9 Å². The van der Waals surface area contributed by atoms with Gasteiger partial charge >= 0.3 is 0 Å². The van der Waals surface area contributed by atoms with Crippen LogP contribution in [0.3, 0.4) is 0 Å². The fraction of sp³-hybridized carbons (Fsp3) is 0.125. The van der Waals surface area contributed by atoms with Crippen molar-refractivity contribution in [2.45, 2.75) is 6.54 Å². The predicted octanol–water partition coefficient (Wildman–Crippen LogP) is 2.61. The molecule has 3 aromatic rings. The van der Waals surface area contributed by atoms with Crippen molar-refractivity contribution in [2.75, 3.05) is 6.54 Å². The lowest BCUT2D eigenvalue weighted by Gasteiger charge is -2.01. The lowest BCUT2D eigenvalue weighted by Crippen LogP contribution is -2.13. The second-order valence-electron chi connectivity index (χ2n) is 4.35. The molecule has 0 bridgehead atoms. The molecule has 0 saturated carbocycles. The molecule has 0 spiro atoms. The number of rotatable bonds is 4. The number of nitrogens with one attached hydrogen (secondary N) is 1. The van der Waals surface area contributed by atoms with Crippen LogP contribution < -0.4 is 5.32 Å². The molecule has 0 unspecified atom stereocenters. The second kappa shape index (κ2) is 5.55. The van der Waals surface area contributed by atoms with E-state index >= 15 is 0 Å². The number of hydrogen-bond acceptors (Lipinski definition) is 4. The Kier molecular flexibility index (Phi) is 3.44. The first-order chi connectivity index (χ1) is 9.88. The largest absolute Gasteiger partial charge is 0.338 e. The SMILES string of the molecule is C#CCNCc1nc(-c2cccc3ccccc23)no1. The van der Waals surface area contributed by atoms with E-state index < -0.39 is 0 Å². The molecule has 3 rings (SSSR count). The topological polar surface area (TPSA) is 51.0 Å². The Morgan fingerprint density at radius 2 is 2.00 bits per heavy atom. The van der Waals surface area contributed by atoms with Crippen molar-refractivity contribution in [1.29, 1.82) is 0 Å². The van der Waals surface area contributed by atoms with Crippen LogP contribution in [0, 0.1) is 12.3 Å². The maximum atomic E-state index is 5.22. The van der Waals surface area contributed by atoms with Gasteiger partial charge in [-0.3, -0.25) is 5.32 Å². The normalized spacial score (nSPS) is 10.6. The monoisotopic (exact) mass is 263 g/mol. The molecule has 1 aromatic heterocycles. The van der Waals surface area contributed by atoms with Crippen LogP contribution in [0.25, 0.3) is 22.2 Å². The summed E-state index contributed by atoms with van der Waals surface area (Å²) in [4.78, 5) is 4.39. The van der Waals surface area contributed by atoms with E-state index in [1.54, 1.807) is 0 Å². The van der Waals surface area contributed by atoms with E-state index in [0.29, 0.717) is 24.8 Å². The van der Waals surface area contributed by atoms with Crippen LogP contribution in [-0.4, -0.2) is 16.7 Å². The third kappa shape index (κ3) is 2.40. The highest BCUT2D eigenvalue weighted by atomic mass is 16.5. The van der Waals surface area contributed by atoms with Crippen molar-refractivity contribution in [3.63, 3.8) is 0 Å². The van der Waals surface area contributed by atoms with E-state index in [1.807, 2.05) is 24.3 Å². The maximum Gasteiger partial charge on any atom is 0.240 e. The lowest BCUT2D eigenvalue weighted by molar-refractivity contribution is 0.371. The minimum Gasteiger partial charge on any atom is -0.338 e. The second-order valence-corrected chi connectivity index (χ2v) is 4.35. The van der Waals surface area contributed by atoms with Gasteiger partial charge in [-0.2, -0.15) is 4.98 Å². The Hall–Kier alpha value is -2.64. The van der Waals surface area contributed by atoms with Crippen LogP contribution in [0.2, 0.25) is 0 Å². The number of fused-ring (bicyclic) bond motifs is 1. The van der Waals surface area contributed by atoms with Gasteiger partial charge in [0.2, 0.25) is 11.7 Å². The molecule has 0 aliphatic carbocycles. The zero-order chi connectivity index (χ0) is 13.8. The van der Waals surface area contributed by atoms with Crippen molar-refractivity contribution >= 4 is 10.8 Å². The van der Waals surface area contributed by atoms with Crippen LogP contribution in [0.5, 0.6) is 0 Å². The average molecular weight is 263 g/mol. The smallest absolute Gasteiger partial charge is 0.240 e. The van der Waals surface area contributed by atoms with Crippen molar-refractivity contribution < 1.29 is 4.52 Å². The van der Waals surface area contributed by atoms with Gasteiger partial charge in [0, 0.05) is 5.56 Å². The van der Waals surface area contributed by atoms with Crippen LogP contribution in [0.15, 0.2) is 47.0 Å². The van der Waals surface area contributed by atoms with Crippen LogP contribution in [0.1, 0.15) is 5.89 Å². The van der Waals surface area contributed by atoms with E-state index in [2.05, 4.69) is 39.6 Å². The Labute approximate surface area is 116 Å². The van der Waals surface area contributed by atoms with E-state index in [1.165, 1.54) is 0 Å². The van der Waals surface area contributed by atoms with Gasteiger partial charge in [0.1, 0.15) is 0 Å². The van der Waals surface area contributed by atoms with E-state index in [-0.39, 0.29) is 0 Å². The molecule has 1 N–H and O–H groups in total. The summed E-state index contributed by atoms with van der Waals surface area (Å²) < 4.78 is 5.22. The lowest BCUT2D eigenvalue weighted by atomic mass is 10.0. The Bertz CT molecular complexity index is 765. The molecule has 0 aliphatic rings. The average Bonchev–Trinajstić information content (AvgIpc) is 2.96. The van der Waals surface area contributed by atoms with Gasteiger partial charge in [-0.1, -0.05) is 53.5 Å². The summed E-state index contributed by atoms with van der Waals surface area (Å²) in [5.74, 6) is 3.63. The van der Waals surface area contributed by atoms with Crippen LogP contribution in [-0.2, 0) is 6.54 Å². The fourth-order valence-electron chi connectivity index (χ4n) is 2.10. The molecule has 20 heavy (non-hydrogen) atoms. The summed E-state index contributed by atoms with van der Waals surface area (Å²) in [6, 6.07) is 14.2. The summed E-state index contributed by atoms with van der Waals surface area (Å²) in [5.41, 5.74) is 0.968. The molecule has 4 nitrogen and oxygen atoms in total. The maximum absolute atomic E-state index is 5.22. The number of terminal acetylenes is 1. The highest BCUT2D eigenvalue weighted by Crippen LogP contribution is 2.26. The zero-order valence-electron chi connectivity index (χ0n) is 10.8. The summed E-state index contributed by atoms with van der Waals surface area (Å²) in [6.07, 6.45) is 5.17. The van der Waals surface area contributed by atoms with Gasteiger partial charge in [-0.25, -0.2) is 0 Å². The molecule has 0 saturated heterocycles. The minimum absolute atomic E-state index is 0.474. The number of hydrogen-bond donors (Lipinski definition) is 1. The Balaban J connectivity index is 1.94. The van der Waals surface area contributed by atoms with E-state index in [9.17, 15) is 0 Å². The first-order valence-corrected chi connectivity index (χ1v) is 6.33. The highest BCUT2D eigenvalue weighted by molar-refractivity contribution is 5.94. The third-order valence-electron chi connectivity index (χ3n) is 3.00. The van der Waals surface area contributed by atoms with E-state index in [0.717, 1.165) is 16.3 Å². The van der Waals surface area contributed by atoms with Gasteiger partial charge in [-0.15, -0.1) is 6.42 Å². The molecular weight excluding hydrogens is 250 g/mol. The van der Waals surface area contributed by atoms with Crippen molar-refractivity contribution in [1.82, 2.24) is 15.5 Å². The van der Waals surface area contributed by atoms with Gasteiger partial charge in [0.25, 0.3) is 0 Å². The van der Waals surface area contributed by atoms with Crippen molar-refractivity contribution in [3.05, 3.63) is 48.4 Å². The molecule has 4 heteroatoms. The molecule has 0 amide bonds. The minimum atomic E-state index is 0.474. The molecule has 0 radical (unpaired) electrons. The van der Waals surface area contributed by atoms with Gasteiger partial charge in [-0.05, 0) is 10.8 Å². The molecule has 0 atom stereocenters. The first kappa shape index (κ1) is 12.4. The van der Waals surface area contributed by atoms with Crippen molar-refractivity contribution in [2.24, 2.45) is 0 Å². The van der Waals surface area contributed by atoms with Crippen LogP contribution >= 0.6 is 0 Å². The molecule has 0 fully saturated rings. The number of aromatic nitrogens is 2. The van der Waals surface area contributed by atoms with Gasteiger partial charge in [0.15, 0.2) is 0 Å². The summed E-state index contributed by atoms with van der Waals surface area (Å²) in [6.45, 7) is 0.952. The zero-order valence-corrected chi connectivity index (χ0v) is 10.8. The van der Waals surface area contributed by atoms with Gasteiger partial charge in [0.05, 0.1) is 13.1 Å². The first-order valence-electron chi connectivity index (χ1n) is 6.33. The summed E-state index contributed by atoms with van der Waals surface area (Å²) in [5, 5.41) is 9.32. The van der Waals surface area contributed by atoms with Crippen molar-refractivity contribution in [3.8, 4) is 23.7 Å². The predicted molar refractivity (Wildman–Crippen MR) is 77.8 cm³/mol. The molecule has 1 heterocycles. The van der Waals surface area contributed by atoms with Gasteiger partial charge < -0.3 is 4.52 Å². The number of benzene rings is 2. The summed E-state index contributed by atoms with van der Waals surface area (Å²) in [7, 11) is 0. The Morgan fingerprint density at radius 1 is 1.15 bits per heavy atom. The standard InChI is InChI=1S/C16H13N3O/c1-2-10-17-11-15-18-16(19-20-15)14-9-5-7-12-6-3-4-8-13(12)14/h1,3-9,17H,10-11H2. The Morgan fingerprint density at radius 3 is 2.90 bits per heavy atom. The molecule has 2 aromatic carbocycles. The molecular formula is C16H13N3O. The quantitative estimate of drug-likeness (QED) is 0.580. The highest BCUT2D eigenvalue weighted by Gasteiger charge is 2.10. The van der Waals surface area contributed by atoms with Crippen LogP contribution in [0.4, 0.5) is 0 Å². The number of nitrogens with zero attached hydrogens (tertiary/aromatic N) is 2. The molecule has 0 aliphatic heterocycles. The summed E-state index contributed by atoms with van der Waals surface area (Å²) >= 11 is 0. The fourth-order valence-corrected chi connectivity index (χ4v) is 2.10.